The lowest BCUT2D eigenvalue weighted by Crippen LogP contribution is -2.56. The Balaban J connectivity index is 0.00000180. The van der Waals surface area contributed by atoms with E-state index in [1.165, 1.54) is 0 Å². The standard InChI is InChI=1S/C13H20N2O2S.ClH/c1-9-6-15(12(16)13(2,3)14)7-11(17-9)10-4-5-18-8-10;/h4-5,8-9,11H,6-7,14H2,1-3H3;1H. The van der Waals surface area contributed by atoms with E-state index in [1.54, 1.807) is 25.2 Å². The van der Waals surface area contributed by atoms with Crippen LogP contribution >= 0.6 is 23.7 Å². The van der Waals surface area contributed by atoms with Gasteiger partial charge >= 0.3 is 0 Å². The predicted octanol–water partition coefficient (Wildman–Crippen LogP) is 2.20. The molecule has 2 atom stereocenters. The average molecular weight is 305 g/mol. The van der Waals surface area contributed by atoms with Gasteiger partial charge in [-0.3, -0.25) is 4.79 Å². The Hall–Kier alpha value is -0.620. The summed E-state index contributed by atoms with van der Waals surface area (Å²) in [6.45, 7) is 6.67. The number of nitrogens with zero attached hydrogens (tertiary/aromatic N) is 1. The molecule has 19 heavy (non-hydrogen) atoms. The summed E-state index contributed by atoms with van der Waals surface area (Å²) < 4.78 is 5.90. The number of morpholine rings is 1. The first-order valence-corrected chi connectivity index (χ1v) is 7.08. The third-order valence-corrected chi connectivity index (χ3v) is 3.72. The third-order valence-electron chi connectivity index (χ3n) is 3.01. The minimum atomic E-state index is -0.823. The molecule has 0 bridgehead atoms. The van der Waals surface area contributed by atoms with Crippen molar-refractivity contribution in [3.63, 3.8) is 0 Å². The van der Waals surface area contributed by atoms with Crippen molar-refractivity contribution in [3.05, 3.63) is 22.4 Å². The second-order valence-corrected chi connectivity index (χ2v) is 6.20. The molecule has 0 aromatic carbocycles. The van der Waals surface area contributed by atoms with Gasteiger partial charge in [0.15, 0.2) is 0 Å². The van der Waals surface area contributed by atoms with Gasteiger partial charge in [-0.2, -0.15) is 11.3 Å². The molecule has 2 N–H and O–H groups in total. The molecule has 4 nitrogen and oxygen atoms in total. The van der Waals surface area contributed by atoms with Gasteiger partial charge in [-0.1, -0.05) is 0 Å². The number of nitrogens with two attached hydrogens (primary N) is 1. The zero-order valence-electron chi connectivity index (χ0n) is 11.5. The third kappa shape index (κ3) is 3.92. The number of rotatable bonds is 2. The van der Waals surface area contributed by atoms with E-state index in [4.69, 9.17) is 10.5 Å². The van der Waals surface area contributed by atoms with Crippen molar-refractivity contribution in [1.82, 2.24) is 4.90 Å². The van der Waals surface area contributed by atoms with Crippen molar-refractivity contribution in [2.24, 2.45) is 5.73 Å². The van der Waals surface area contributed by atoms with Gasteiger partial charge in [0.2, 0.25) is 5.91 Å². The highest BCUT2D eigenvalue weighted by molar-refractivity contribution is 7.07. The normalized spacial score (nSPS) is 23.9. The molecule has 0 saturated carbocycles. The first-order chi connectivity index (χ1) is 8.38. The molecular formula is C13H21ClN2O2S. The highest BCUT2D eigenvalue weighted by atomic mass is 35.5. The first kappa shape index (κ1) is 16.4. The number of carbonyl (C=O) groups is 1. The minimum absolute atomic E-state index is 0. The summed E-state index contributed by atoms with van der Waals surface area (Å²) in [7, 11) is 0. The van der Waals surface area contributed by atoms with Crippen LogP contribution in [-0.2, 0) is 9.53 Å². The number of hydrogen-bond donors (Lipinski definition) is 1. The number of carbonyl (C=O) groups excluding carboxylic acids is 1. The second kappa shape index (κ2) is 6.22. The molecule has 6 heteroatoms. The largest absolute Gasteiger partial charge is 0.367 e. The quantitative estimate of drug-likeness (QED) is 0.911. The number of ether oxygens (including phenoxy) is 1. The number of thiophene rings is 1. The molecule has 1 fully saturated rings. The van der Waals surface area contributed by atoms with Crippen molar-refractivity contribution in [2.45, 2.75) is 38.5 Å². The molecule has 1 saturated heterocycles. The van der Waals surface area contributed by atoms with Crippen molar-refractivity contribution < 1.29 is 9.53 Å². The molecule has 2 rings (SSSR count). The molecular weight excluding hydrogens is 284 g/mol. The van der Waals surface area contributed by atoms with Crippen LogP contribution in [0.4, 0.5) is 0 Å². The molecule has 1 aromatic rings. The molecule has 108 valence electrons. The zero-order chi connectivity index (χ0) is 13.3. The van der Waals surface area contributed by atoms with E-state index in [1.807, 2.05) is 23.3 Å². The number of halogens is 1. The lowest BCUT2D eigenvalue weighted by molar-refractivity contribution is -0.149. The molecule has 1 aliphatic heterocycles. The van der Waals surface area contributed by atoms with Crippen LogP contribution in [0.15, 0.2) is 16.8 Å². The summed E-state index contributed by atoms with van der Waals surface area (Å²) in [5.41, 5.74) is 6.20. The second-order valence-electron chi connectivity index (χ2n) is 5.42. The van der Waals surface area contributed by atoms with Crippen molar-refractivity contribution in [1.29, 1.82) is 0 Å². The van der Waals surface area contributed by atoms with Gasteiger partial charge in [0.1, 0.15) is 6.10 Å². The Morgan fingerprint density at radius 3 is 2.74 bits per heavy atom. The summed E-state index contributed by atoms with van der Waals surface area (Å²) in [6, 6.07) is 2.05. The topological polar surface area (TPSA) is 55.6 Å². The van der Waals surface area contributed by atoms with Gasteiger partial charge in [-0.05, 0) is 43.2 Å². The van der Waals surface area contributed by atoms with E-state index in [9.17, 15) is 4.79 Å². The Kier molecular flexibility index (Phi) is 5.38. The Morgan fingerprint density at radius 1 is 1.53 bits per heavy atom. The average Bonchev–Trinajstić information content (AvgIpc) is 2.79. The Morgan fingerprint density at radius 2 is 2.21 bits per heavy atom. The van der Waals surface area contributed by atoms with Crippen LogP contribution < -0.4 is 5.73 Å². The van der Waals surface area contributed by atoms with E-state index in [0.29, 0.717) is 13.1 Å². The van der Waals surface area contributed by atoms with Crippen molar-refractivity contribution in [3.8, 4) is 0 Å². The van der Waals surface area contributed by atoms with Gasteiger partial charge in [-0.15, -0.1) is 12.4 Å². The van der Waals surface area contributed by atoms with Crippen molar-refractivity contribution >= 4 is 29.7 Å². The van der Waals surface area contributed by atoms with E-state index in [-0.39, 0.29) is 30.5 Å². The fourth-order valence-corrected chi connectivity index (χ4v) is 2.87. The van der Waals surface area contributed by atoms with Crippen LogP contribution in [0.3, 0.4) is 0 Å². The minimum Gasteiger partial charge on any atom is -0.367 e. The van der Waals surface area contributed by atoms with Crippen LogP contribution in [0.1, 0.15) is 32.4 Å². The summed E-state index contributed by atoms with van der Waals surface area (Å²) in [6.07, 6.45) is 0.00116. The number of amides is 1. The van der Waals surface area contributed by atoms with E-state index >= 15 is 0 Å². The summed E-state index contributed by atoms with van der Waals surface area (Å²) in [4.78, 5) is 14.0. The monoisotopic (exact) mass is 304 g/mol. The van der Waals surface area contributed by atoms with Crippen LogP contribution in [0, 0.1) is 0 Å². The maximum absolute atomic E-state index is 12.2. The van der Waals surface area contributed by atoms with E-state index in [0.717, 1.165) is 5.56 Å². The van der Waals surface area contributed by atoms with Gasteiger partial charge in [-0.25, -0.2) is 0 Å². The molecule has 0 spiro atoms. The summed E-state index contributed by atoms with van der Waals surface area (Å²) in [5.74, 6) is -0.0159. The molecule has 2 unspecified atom stereocenters. The maximum Gasteiger partial charge on any atom is 0.242 e. The van der Waals surface area contributed by atoms with Gasteiger partial charge in [0.25, 0.3) is 0 Å². The highest BCUT2D eigenvalue weighted by Gasteiger charge is 2.34. The number of hydrogen-bond acceptors (Lipinski definition) is 4. The van der Waals surface area contributed by atoms with Crippen LogP contribution in [0.25, 0.3) is 0 Å². The SMILES string of the molecule is CC1CN(C(=O)C(C)(C)N)CC(c2ccsc2)O1.Cl. The molecule has 1 aromatic heterocycles. The fraction of sp³-hybridized carbons (Fsp3) is 0.615. The summed E-state index contributed by atoms with van der Waals surface area (Å²) in [5, 5.41) is 4.09. The first-order valence-electron chi connectivity index (χ1n) is 6.13. The fourth-order valence-electron chi connectivity index (χ4n) is 2.17. The molecule has 1 aliphatic rings. The van der Waals surface area contributed by atoms with Crippen LogP contribution in [0.2, 0.25) is 0 Å². The molecule has 2 heterocycles. The van der Waals surface area contributed by atoms with Gasteiger partial charge < -0.3 is 15.4 Å². The van der Waals surface area contributed by atoms with Gasteiger partial charge in [0, 0.05) is 6.54 Å². The predicted molar refractivity (Wildman–Crippen MR) is 79.7 cm³/mol. The lowest BCUT2D eigenvalue weighted by atomic mass is 10.0. The summed E-state index contributed by atoms with van der Waals surface area (Å²) >= 11 is 1.64. The smallest absolute Gasteiger partial charge is 0.242 e. The zero-order valence-corrected chi connectivity index (χ0v) is 13.1. The van der Waals surface area contributed by atoms with Crippen LogP contribution in [0.5, 0.6) is 0 Å². The highest BCUT2D eigenvalue weighted by Crippen LogP contribution is 2.27. The molecule has 0 radical (unpaired) electrons. The van der Waals surface area contributed by atoms with Gasteiger partial charge in [0.05, 0.1) is 18.2 Å². The Labute approximate surface area is 124 Å². The molecule has 1 amide bonds. The van der Waals surface area contributed by atoms with E-state index < -0.39 is 5.54 Å². The van der Waals surface area contributed by atoms with Crippen molar-refractivity contribution in [2.75, 3.05) is 13.1 Å². The Bertz CT molecular complexity index is 417. The van der Waals surface area contributed by atoms with Crippen LogP contribution in [-0.4, -0.2) is 35.5 Å². The maximum atomic E-state index is 12.2. The van der Waals surface area contributed by atoms with E-state index in [2.05, 4.69) is 5.38 Å². The lowest BCUT2D eigenvalue weighted by Gasteiger charge is -2.39. The molecule has 0 aliphatic carbocycles.